The van der Waals surface area contributed by atoms with Gasteiger partial charge in [-0.15, -0.1) is 0 Å². The van der Waals surface area contributed by atoms with E-state index in [4.69, 9.17) is 5.73 Å². The van der Waals surface area contributed by atoms with E-state index in [1.54, 1.807) is 16.8 Å². The summed E-state index contributed by atoms with van der Waals surface area (Å²) in [6.45, 7) is 0.474. The van der Waals surface area contributed by atoms with Gasteiger partial charge >= 0.3 is 0 Å². The normalized spacial score (nSPS) is 28.5. The molecule has 1 aliphatic carbocycles. The van der Waals surface area contributed by atoms with Crippen LogP contribution in [0.25, 0.3) is 11.3 Å². The van der Waals surface area contributed by atoms with Crippen molar-refractivity contribution < 1.29 is 9.18 Å². The number of amides is 1. The first kappa shape index (κ1) is 17.2. The topological polar surface area (TPSA) is 85.0 Å². The Labute approximate surface area is 151 Å². The molecule has 2 aromatic rings. The summed E-state index contributed by atoms with van der Waals surface area (Å²) in [5, 5.41) is 4.40. The molecule has 1 saturated heterocycles. The van der Waals surface area contributed by atoms with E-state index in [0.29, 0.717) is 12.1 Å². The minimum Gasteiger partial charge on any atom is -0.329 e. The fourth-order valence-electron chi connectivity index (χ4n) is 4.59. The lowest BCUT2D eigenvalue weighted by molar-refractivity contribution is -0.133. The summed E-state index contributed by atoms with van der Waals surface area (Å²) < 4.78 is 16.1. The monoisotopic (exact) mass is 357 g/mol. The van der Waals surface area contributed by atoms with Crippen LogP contribution in [0.15, 0.2) is 30.5 Å². The van der Waals surface area contributed by atoms with Crippen LogP contribution in [0.3, 0.4) is 0 Å². The van der Waals surface area contributed by atoms with Crippen molar-refractivity contribution in [2.45, 2.75) is 31.2 Å². The van der Waals surface area contributed by atoms with Gasteiger partial charge in [0, 0.05) is 36.7 Å². The molecule has 2 aliphatic rings. The maximum atomic E-state index is 14.4. The molecule has 6 nitrogen and oxygen atoms in total. The van der Waals surface area contributed by atoms with E-state index in [2.05, 4.69) is 16.0 Å². The third-order valence-corrected chi connectivity index (χ3v) is 5.92. The molecule has 4 atom stereocenters. The van der Waals surface area contributed by atoms with Crippen molar-refractivity contribution in [2.24, 2.45) is 24.6 Å². The summed E-state index contributed by atoms with van der Waals surface area (Å²) in [7, 11) is 1.84. The largest absolute Gasteiger partial charge is 0.329 e. The zero-order valence-electron chi connectivity index (χ0n) is 14.8. The molecular formula is C19H24FN5O. The quantitative estimate of drug-likeness (QED) is 0.780. The number of rotatable bonds is 3. The fraction of sp³-hybridized carbons (Fsp3) is 0.474. The Hall–Kier alpha value is -2.25. The van der Waals surface area contributed by atoms with E-state index in [1.165, 1.54) is 6.07 Å². The van der Waals surface area contributed by atoms with Gasteiger partial charge in [-0.1, -0.05) is 12.1 Å². The number of aromatic nitrogens is 2. The van der Waals surface area contributed by atoms with Gasteiger partial charge in [0.05, 0.1) is 11.9 Å². The summed E-state index contributed by atoms with van der Waals surface area (Å²) in [5.74, 6) is 0.223. The number of nitrogens with zero attached hydrogens (tertiary/aromatic N) is 2. The lowest BCUT2D eigenvalue weighted by atomic mass is 9.68. The zero-order chi connectivity index (χ0) is 18.3. The number of fused-ring (bicyclic) bond motifs is 1. The van der Waals surface area contributed by atoms with Crippen LogP contribution in [0, 0.1) is 17.7 Å². The molecule has 4 rings (SSSR count). The lowest BCUT2D eigenvalue weighted by Crippen LogP contribution is -2.62. The molecule has 7 heteroatoms. The highest BCUT2D eigenvalue weighted by Gasteiger charge is 2.43. The van der Waals surface area contributed by atoms with E-state index in [1.807, 2.05) is 19.3 Å². The molecule has 26 heavy (non-hydrogen) atoms. The number of hydrogen-bond donors (Lipinski definition) is 3. The molecule has 138 valence electrons. The van der Waals surface area contributed by atoms with E-state index >= 15 is 0 Å². The Morgan fingerprint density at radius 2 is 2.15 bits per heavy atom. The van der Waals surface area contributed by atoms with Crippen molar-refractivity contribution in [2.75, 3.05) is 6.54 Å². The van der Waals surface area contributed by atoms with Crippen LogP contribution < -0.4 is 16.6 Å². The van der Waals surface area contributed by atoms with Gasteiger partial charge < -0.3 is 5.73 Å². The highest BCUT2D eigenvalue weighted by molar-refractivity contribution is 5.79. The molecule has 2 heterocycles. The number of hydrogen-bond acceptors (Lipinski definition) is 4. The molecular weight excluding hydrogens is 333 g/mol. The molecule has 1 amide bonds. The van der Waals surface area contributed by atoms with Gasteiger partial charge in [0.1, 0.15) is 5.82 Å². The Morgan fingerprint density at radius 3 is 2.92 bits per heavy atom. The second kappa shape index (κ2) is 6.81. The van der Waals surface area contributed by atoms with Crippen molar-refractivity contribution in [3.8, 4) is 11.3 Å². The first-order valence-corrected chi connectivity index (χ1v) is 9.12. The third kappa shape index (κ3) is 2.81. The van der Waals surface area contributed by atoms with Gasteiger partial charge in [0.15, 0.2) is 0 Å². The molecule has 1 aromatic heterocycles. The van der Waals surface area contributed by atoms with Crippen LogP contribution in [-0.4, -0.2) is 28.3 Å². The predicted molar refractivity (Wildman–Crippen MR) is 96.3 cm³/mol. The summed E-state index contributed by atoms with van der Waals surface area (Å²) in [6.07, 6.45) is 4.39. The van der Waals surface area contributed by atoms with Crippen LogP contribution >= 0.6 is 0 Å². The number of halogens is 1. The summed E-state index contributed by atoms with van der Waals surface area (Å²) in [5.41, 5.74) is 14.1. The first-order valence-electron chi connectivity index (χ1n) is 9.12. The smallest absolute Gasteiger partial charge is 0.237 e. The minimum absolute atomic E-state index is 0.00497. The van der Waals surface area contributed by atoms with Crippen LogP contribution in [0.4, 0.5) is 4.39 Å². The third-order valence-electron chi connectivity index (χ3n) is 5.92. The Bertz CT molecular complexity index is 820. The molecule has 1 aliphatic heterocycles. The Morgan fingerprint density at radius 1 is 1.35 bits per heavy atom. The highest BCUT2D eigenvalue weighted by Crippen LogP contribution is 2.44. The van der Waals surface area contributed by atoms with Crippen LogP contribution in [-0.2, 0) is 11.8 Å². The van der Waals surface area contributed by atoms with Crippen LogP contribution in [0.5, 0.6) is 0 Å². The number of carbonyl (C=O) groups is 1. The van der Waals surface area contributed by atoms with Crippen molar-refractivity contribution in [3.63, 3.8) is 0 Å². The van der Waals surface area contributed by atoms with E-state index in [9.17, 15) is 9.18 Å². The first-order chi connectivity index (χ1) is 12.6. The van der Waals surface area contributed by atoms with Crippen molar-refractivity contribution in [1.29, 1.82) is 0 Å². The highest BCUT2D eigenvalue weighted by atomic mass is 19.1. The molecule has 0 bridgehead atoms. The number of benzene rings is 1. The summed E-state index contributed by atoms with van der Waals surface area (Å²) in [6, 6.07) is 6.86. The SMILES string of the molecule is Cn1ncc(C2CCC3C(=O)NNC(CN)C3C2)c1-c1ccccc1F. The van der Waals surface area contributed by atoms with E-state index in [-0.39, 0.29) is 35.5 Å². The van der Waals surface area contributed by atoms with Gasteiger partial charge in [-0.05, 0) is 43.2 Å². The van der Waals surface area contributed by atoms with Crippen LogP contribution in [0.1, 0.15) is 30.7 Å². The molecule has 2 fully saturated rings. The Balaban J connectivity index is 1.67. The molecule has 1 aromatic carbocycles. The van der Waals surface area contributed by atoms with Crippen molar-refractivity contribution in [1.82, 2.24) is 20.6 Å². The summed E-state index contributed by atoms with van der Waals surface area (Å²) >= 11 is 0. The molecule has 0 radical (unpaired) electrons. The van der Waals surface area contributed by atoms with Gasteiger partial charge in [0.2, 0.25) is 5.91 Å². The minimum atomic E-state index is -0.246. The zero-order valence-corrected chi connectivity index (χ0v) is 14.8. The maximum Gasteiger partial charge on any atom is 0.237 e. The molecule has 4 unspecified atom stereocenters. The van der Waals surface area contributed by atoms with Crippen molar-refractivity contribution >= 4 is 5.91 Å². The fourth-order valence-corrected chi connectivity index (χ4v) is 4.59. The summed E-state index contributed by atoms with van der Waals surface area (Å²) in [4.78, 5) is 12.2. The van der Waals surface area contributed by atoms with Gasteiger partial charge in [-0.25, -0.2) is 9.82 Å². The maximum absolute atomic E-state index is 14.4. The molecule has 0 spiro atoms. The number of nitrogens with one attached hydrogen (secondary N) is 2. The van der Waals surface area contributed by atoms with E-state index in [0.717, 1.165) is 30.5 Å². The second-order valence-corrected chi connectivity index (χ2v) is 7.31. The van der Waals surface area contributed by atoms with E-state index < -0.39 is 0 Å². The van der Waals surface area contributed by atoms with Gasteiger partial charge in [-0.3, -0.25) is 14.9 Å². The molecule has 4 N–H and O–H groups in total. The number of aryl methyl sites for hydroxylation is 1. The van der Waals surface area contributed by atoms with Gasteiger partial charge in [0.25, 0.3) is 0 Å². The average Bonchev–Trinajstić information content (AvgIpc) is 3.03. The van der Waals surface area contributed by atoms with Crippen molar-refractivity contribution in [3.05, 3.63) is 41.8 Å². The standard InChI is InChI=1S/C19H24FN5O/c1-25-18(13-4-2-3-5-16(13)20)15(10-22-25)11-6-7-12-14(8-11)17(9-21)23-24-19(12)26/h2-5,10-12,14,17,23H,6-9,21H2,1H3,(H,24,26). The van der Waals surface area contributed by atoms with Crippen LogP contribution in [0.2, 0.25) is 0 Å². The predicted octanol–water partition coefficient (Wildman–Crippen LogP) is 1.69. The second-order valence-electron chi connectivity index (χ2n) is 7.31. The Kier molecular flexibility index (Phi) is 4.50. The number of hydrazine groups is 1. The lowest BCUT2D eigenvalue weighted by Gasteiger charge is -2.43. The van der Waals surface area contributed by atoms with Gasteiger partial charge in [-0.2, -0.15) is 5.10 Å². The molecule has 1 saturated carbocycles. The average molecular weight is 357 g/mol. The number of nitrogens with two attached hydrogens (primary N) is 1. The number of carbonyl (C=O) groups excluding carboxylic acids is 1.